The Hall–Kier alpha value is -2.14. The zero-order chi connectivity index (χ0) is 17.4. The Morgan fingerprint density at radius 1 is 1.12 bits per heavy atom. The summed E-state index contributed by atoms with van der Waals surface area (Å²) < 4.78 is 1.69. The summed E-state index contributed by atoms with van der Waals surface area (Å²) in [5.74, 6) is 1.22. The maximum atomic E-state index is 12.5. The summed E-state index contributed by atoms with van der Waals surface area (Å²) in [5.41, 5.74) is 3.41. The van der Waals surface area contributed by atoms with Gasteiger partial charge in [-0.2, -0.15) is 0 Å². The lowest BCUT2D eigenvalue weighted by atomic mass is 9.88. The summed E-state index contributed by atoms with van der Waals surface area (Å²) in [4.78, 5) is 19.7. The van der Waals surface area contributed by atoms with Crippen molar-refractivity contribution in [2.24, 2.45) is 7.05 Å². The number of aryl methyl sites for hydroxylation is 1. The van der Waals surface area contributed by atoms with Gasteiger partial charge in [0.15, 0.2) is 0 Å². The summed E-state index contributed by atoms with van der Waals surface area (Å²) in [6.07, 6.45) is 3.90. The Bertz CT molecular complexity index is 814. The van der Waals surface area contributed by atoms with Gasteiger partial charge in [0, 0.05) is 31.7 Å². The van der Waals surface area contributed by atoms with Gasteiger partial charge in [-0.3, -0.25) is 9.36 Å². The quantitative estimate of drug-likeness (QED) is 0.932. The van der Waals surface area contributed by atoms with Crippen molar-refractivity contribution in [3.63, 3.8) is 0 Å². The van der Waals surface area contributed by atoms with E-state index in [0.29, 0.717) is 12.0 Å². The van der Waals surface area contributed by atoms with Gasteiger partial charge in [0.1, 0.15) is 0 Å². The SMILES string of the molecule is CN1C[C@H](Nc2nc3c(c(=O)n2C)CCC3)C[C@H](c2ccccc2)C1. The van der Waals surface area contributed by atoms with Crippen LogP contribution in [-0.4, -0.2) is 40.6 Å². The number of fused-ring (bicyclic) bond motifs is 1. The summed E-state index contributed by atoms with van der Waals surface area (Å²) in [7, 11) is 4.00. The highest BCUT2D eigenvalue weighted by molar-refractivity contribution is 5.35. The van der Waals surface area contributed by atoms with Crippen molar-refractivity contribution in [3.8, 4) is 0 Å². The molecule has 5 nitrogen and oxygen atoms in total. The number of piperidine rings is 1. The van der Waals surface area contributed by atoms with Crippen molar-refractivity contribution < 1.29 is 0 Å². The number of nitrogens with one attached hydrogen (secondary N) is 1. The van der Waals surface area contributed by atoms with Crippen LogP contribution in [0.2, 0.25) is 0 Å². The molecule has 0 bridgehead atoms. The number of hydrogen-bond donors (Lipinski definition) is 1. The number of likely N-dealkylation sites (N-methyl/N-ethyl adjacent to an activating group) is 1. The van der Waals surface area contributed by atoms with Crippen molar-refractivity contribution in [3.05, 3.63) is 57.5 Å². The van der Waals surface area contributed by atoms with E-state index in [1.165, 1.54) is 5.56 Å². The molecule has 1 saturated heterocycles. The molecule has 2 aliphatic rings. The molecule has 25 heavy (non-hydrogen) atoms. The zero-order valence-corrected chi connectivity index (χ0v) is 15.0. The first kappa shape index (κ1) is 16.3. The maximum absolute atomic E-state index is 12.5. The minimum atomic E-state index is 0.119. The van der Waals surface area contributed by atoms with Crippen LogP contribution in [-0.2, 0) is 19.9 Å². The third kappa shape index (κ3) is 3.21. The number of nitrogens with zero attached hydrogens (tertiary/aromatic N) is 3. The molecule has 0 amide bonds. The standard InChI is InChI=1S/C20H26N4O/c1-23-12-15(14-7-4-3-5-8-14)11-16(13-23)21-20-22-18-10-6-9-17(18)19(25)24(20)2/h3-5,7-8,15-16H,6,9-13H2,1-2H3,(H,21,22)/t15-,16+/m0/s1. The molecule has 0 saturated carbocycles. The average Bonchev–Trinajstić information content (AvgIpc) is 3.08. The van der Waals surface area contributed by atoms with E-state index < -0.39 is 0 Å². The lowest BCUT2D eigenvalue weighted by Crippen LogP contribution is -2.44. The molecule has 1 aliphatic carbocycles. The van der Waals surface area contributed by atoms with E-state index in [0.717, 1.165) is 56.0 Å². The number of aromatic nitrogens is 2. The van der Waals surface area contributed by atoms with Crippen LogP contribution in [0, 0.1) is 0 Å². The molecule has 1 aromatic heterocycles. The van der Waals surface area contributed by atoms with Gasteiger partial charge in [0.2, 0.25) is 5.95 Å². The highest BCUT2D eigenvalue weighted by Crippen LogP contribution is 2.28. The minimum absolute atomic E-state index is 0.119. The molecule has 2 heterocycles. The molecule has 0 spiro atoms. The minimum Gasteiger partial charge on any atom is -0.352 e. The molecule has 1 fully saturated rings. The van der Waals surface area contributed by atoms with Crippen LogP contribution < -0.4 is 10.9 Å². The highest BCUT2D eigenvalue weighted by atomic mass is 16.1. The molecule has 0 unspecified atom stereocenters. The predicted molar refractivity (Wildman–Crippen MR) is 100 cm³/mol. The lowest BCUT2D eigenvalue weighted by Gasteiger charge is -2.36. The van der Waals surface area contributed by atoms with Gasteiger partial charge in [0.25, 0.3) is 5.56 Å². The average molecular weight is 338 g/mol. The molecule has 5 heteroatoms. The van der Waals surface area contributed by atoms with E-state index in [2.05, 4.69) is 47.6 Å². The fourth-order valence-electron chi connectivity index (χ4n) is 4.29. The summed E-state index contributed by atoms with van der Waals surface area (Å²) in [5, 5.41) is 3.56. The van der Waals surface area contributed by atoms with Crippen LogP contribution in [0.3, 0.4) is 0 Å². The second kappa shape index (κ2) is 6.64. The largest absolute Gasteiger partial charge is 0.352 e. The van der Waals surface area contributed by atoms with E-state index in [-0.39, 0.29) is 5.56 Å². The van der Waals surface area contributed by atoms with E-state index in [1.54, 1.807) is 4.57 Å². The molecule has 1 N–H and O–H groups in total. The Morgan fingerprint density at radius 2 is 1.92 bits per heavy atom. The van der Waals surface area contributed by atoms with Crippen LogP contribution in [0.15, 0.2) is 35.1 Å². The second-order valence-electron chi connectivity index (χ2n) is 7.48. The zero-order valence-electron chi connectivity index (χ0n) is 15.0. The first-order valence-corrected chi connectivity index (χ1v) is 9.20. The van der Waals surface area contributed by atoms with Gasteiger partial charge < -0.3 is 10.2 Å². The van der Waals surface area contributed by atoms with Gasteiger partial charge in [-0.25, -0.2) is 4.98 Å². The number of anilines is 1. The summed E-state index contributed by atoms with van der Waals surface area (Å²) in [6, 6.07) is 11.0. The first-order valence-electron chi connectivity index (χ1n) is 9.20. The molecule has 132 valence electrons. The third-order valence-corrected chi connectivity index (χ3v) is 5.55. The van der Waals surface area contributed by atoms with Crippen LogP contribution >= 0.6 is 0 Å². The van der Waals surface area contributed by atoms with Crippen molar-refractivity contribution in [2.45, 2.75) is 37.6 Å². The molecular formula is C20H26N4O. The van der Waals surface area contributed by atoms with E-state index in [9.17, 15) is 4.79 Å². The predicted octanol–water partition coefficient (Wildman–Crippen LogP) is 2.17. The molecular weight excluding hydrogens is 312 g/mol. The van der Waals surface area contributed by atoms with Gasteiger partial charge in [-0.05, 0) is 44.2 Å². The van der Waals surface area contributed by atoms with E-state index in [4.69, 9.17) is 4.98 Å². The normalized spacial score (nSPS) is 23.4. The fraction of sp³-hybridized carbons (Fsp3) is 0.500. The van der Waals surface area contributed by atoms with Crippen LogP contribution in [0.4, 0.5) is 5.95 Å². The Kier molecular flexibility index (Phi) is 4.34. The Balaban J connectivity index is 1.56. The first-order chi connectivity index (χ1) is 12.1. The van der Waals surface area contributed by atoms with Gasteiger partial charge in [-0.15, -0.1) is 0 Å². The highest BCUT2D eigenvalue weighted by Gasteiger charge is 2.28. The van der Waals surface area contributed by atoms with Crippen LogP contribution in [0.1, 0.15) is 35.6 Å². The van der Waals surface area contributed by atoms with Crippen molar-refractivity contribution in [1.82, 2.24) is 14.5 Å². The molecule has 2 aromatic rings. The van der Waals surface area contributed by atoms with Crippen molar-refractivity contribution >= 4 is 5.95 Å². The van der Waals surface area contributed by atoms with E-state index >= 15 is 0 Å². The maximum Gasteiger partial charge on any atom is 0.258 e. The van der Waals surface area contributed by atoms with Gasteiger partial charge in [0.05, 0.1) is 5.69 Å². The smallest absolute Gasteiger partial charge is 0.258 e. The fourth-order valence-corrected chi connectivity index (χ4v) is 4.29. The van der Waals surface area contributed by atoms with Crippen LogP contribution in [0.5, 0.6) is 0 Å². The van der Waals surface area contributed by atoms with Gasteiger partial charge >= 0.3 is 0 Å². The summed E-state index contributed by atoms with van der Waals surface area (Å²) in [6.45, 7) is 2.04. The molecule has 4 rings (SSSR count). The molecule has 0 radical (unpaired) electrons. The van der Waals surface area contributed by atoms with Crippen molar-refractivity contribution in [1.29, 1.82) is 0 Å². The van der Waals surface area contributed by atoms with Gasteiger partial charge in [-0.1, -0.05) is 30.3 Å². The van der Waals surface area contributed by atoms with E-state index in [1.807, 2.05) is 7.05 Å². The van der Waals surface area contributed by atoms with Crippen LogP contribution in [0.25, 0.3) is 0 Å². The molecule has 2 atom stereocenters. The Labute approximate surface area is 148 Å². The summed E-state index contributed by atoms with van der Waals surface area (Å²) >= 11 is 0. The number of rotatable bonds is 3. The van der Waals surface area contributed by atoms with Crippen molar-refractivity contribution in [2.75, 3.05) is 25.5 Å². The molecule has 1 aromatic carbocycles. The monoisotopic (exact) mass is 338 g/mol. The number of benzene rings is 1. The topological polar surface area (TPSA) is 50.2 Å². The number of likely N-dealkylation sites (tertiary alicyclic amines) is 1. The third-order valence-electron chi connectivity index (χ3n) is 5.55. The molecule has 1 aliphatic heterocycles. The second-order valence-corrected chi connectivity index (χ2v) is 7.48. The Morgan fingerprint density at radius 3 is 2.72 bits per heavy atom. The number of hydrogen-bond acceptors (Lipinski definition) is 4. The lowest BCUT2D eigenvalue weighted by molar-refractivity contribution is 0.235.